The second-order valence-electron chi connectivity index (χ2n) is 5.61. The number of benzene rings is 1. The summed E-state index contributed by atoms with van der Waals surface area (Å²) in [6.07, 6.45) is 1.51. The largest absolute Gasteiger partial charge is 0.356 e. The van der Waals surface area contributed by atoms with E-state index in [1.165, 1.54) is 6.20 Å². The zero-order valence-corrected chi connectivity index (χ0v) is 13.4. The maximum Gasteiger partial charge on any atom is 0.244 e. The summed E-state index contributed by atoms with van der Waals surface area (Å²) in [6, 6.07) is 8.57. The van der Waals surface area contributed by atoms with Gasteiger partial charge in [-0.15, -0.1) is 0 Å². The van der Waals surface area contributed by atoms with Gasteiger partial charge in [0.2, 0.25) is 10.0 Å². The van der Waals surface area contributed by atoms with E-state index in [0.29, 0.717) is 24.4 Å². The lowest BCUT2D eigenvalue weighted by Gasteiger charge is -2.36. The van der Waals surface area contributed by atoms with E-state index in [1.54, 1.807) is 34.6 Å². The van der Waals surface area contributed by atoms with E-state index in [2.05, 4.69) is 10.5 Å². The summed E-state index contributed by atoms with van der Waals surface area (Å²) in [5.41, 5.74) is 0.540. The van der Waals surface area contributed by atoms with Crippen molar-refractivity contribution in [2.24, 2.45) is 0 Å². The Bertz CT molecular complexity index is 743. The first kappa shape index (κ1) is 15.2. The Kier molecular flexibility index (Phi) is 4.03. The van der Waals surface area contributed by atoms with E-state index in [1.807, 2.05) is 13.8 Å². The second kappa shape index (κ2) is 5.83. The lowest BCUT2D eigenvalue weighted by Crippen LogP contribution is -2.56. The van der Waals surface area contributed by atoms with Crippen LogP contribution in [0.3, 0.4) is 0 Å². The molecule has 2 aromatic rings. The first-order valence-corrected chi connectivity index (χ1v) is 8.69. The summed E-state index contributed by atoms with van der Waals surface area (Å²) in [6.45, 7) is 4.99. The van der Waals surface area contributed by atoms with Crippen LogP contribution in [0.25, 0.3) is 11.3 Å². The molecule has 0 aliphatic carbocycles. The number of sulfonamides is 1. The van der Waals surface area contributed by atoms with Gasteiger partial charge in [0.1, 0.15) is 0 Å². The number of rotatable bonds is 3. The van der Waals surface area contributed by atoms with Crippen LogP contribution in [0.15, 0.2) is 45.9 Å². The van der Waals surface area contributed by atoms with Gasteiger partial charge in [-0.25, -0.2) is 8.42 Å². The van der Waals surface area contributed by atoms with Crippen LogP contribution in [0.2, 0.25) is 0 Å². The van der Waals surface area contributed by atoms with Crippen molar-refractivity contribution in [1.29, 1.82) is 0 Å². The molecule has 118 valence electrons. The van der Waals surface area contributed by atoms with Gasteiger partial charge < -0.3 is 9.84 Å². The fraction of sp³-hybridized carbons (Fsp3) is 0.400. The monoisotopic (exact) mass is 321 g/mol. The summed E-state index contributed by atoms with van der Waals surface area (Å²) < 4.78 is 32.9. The van der Waals surface area contributed by atoms with E-state index in [4.69, 9.17) is 4.52 Å². The zero-order valence-electron chi connectivity index (χ0n) is 12.6. The second-order valence-corrected chi connectivity index (χ2v) is 7.46. The molecule has 1 N–H and O–H groups in total. The first-order valence-electron chi connectivity index (χ1n) is 7.25. The molecule has 1 fully saturated rings. The minimum atomic E-state index is -3.60. The van der Waals surface area contributed by atoms with Crippen molar-refractivity contribution < 1.29 is 12.9 Å². The molecule has 1 aliphatic heterocycles. The molecule has 0 radical (unpaired) electrons. The maximum absolute atomic E-state index is 13.1. The Labute approximate surface area is 130 Å². The number of hydrogen-bond acceptors (Lipinski definition) is 5. The molecule has 1 aromatic carbocycles. The number of nitrogens with zero attached hydrogens (tertiary/aromatic N) is 2. The van der Waals surface area contributed by atoms with Crippen LogP contribution >= 0.6 is 0 Å². The van der Waals surface area contributed by atoms with Crippen LogP contribution in [-0.4, -0.2) is 43.1 Å². The van der Waals surface area contributed by atoms with Crippen molar-refractivity contribution in [3.8, 4) is 11.3 Å². The normalized spacial score (nSPS) is 23.5. The van der Waals surface area contributed by atoms with E-state index in [-0.39, 0.29) is 17.0 Å². The Morgan fingerprint density at radius 3 is 2.77 bits per heavy atom. The minimum Gasteiger partial charge on any atom is -0.356 e. The van der Waals surface area contributed by atoms with Crippen molar-refractivity contribution >= 4 is 10.0 Å². The highest BCUT2D eigenvalue weighted by Gasteiger charge is 2.35. The highest BCUT2D eigenvalue weighted by Crippen LogP contribution is 2.30. The Morgan fingerprint density at radius 1 is 1.27 bits per heavy atom. The van der Waals surface area contributed by atoms with Crippen LogP contribution < -0.4 is 5.32 Å². The van der Waals surface area contributed by atoms with Crippen LogP contribution in [0.5, 0.6) is 0 Å². The fourth-order valence-corrected chi connectivity index (χ4v) is 4.62. The number of hydrogen-bond donors (Lipinski definition) is 1. The van der Waals surface area contributed by atoms with Crippen molar-refractivity contribution in [3.05, 3.63) is 36.5 Å². The Balaban J connectivity index is 2.06. The molecule has 2 unspecified atom stereocenters. The highest BCUT2D eigenvalue weighted by atomic mass is 32.2. The standard InChI is InChI=1S/C15H19N3O3S/c1-11-10-18(12(2)9-16-11)22(19,20)15-6-4-3-5-13(15)14-7-8-17-21-14/h3-8,11-12,16H,9-10H2,1-2H3. The summed E-state index contributed by atoms with van der Waals surface area (Å²) >= 11 is 0. The van der Waals surface area contributed by atoms with Gasteiger partial charge in [-0.2, -0.15) is 4.31 Å². The minimum absolute atomic E-state index is 0.0935. The molecule has 1 saturated heterocycles. The zero-order chi connectivity index (χ0) is 15.7. The third-order valence-electron chi connectivity index (χ3n) is 3.88. The van der Waals surface area contributed by atoms with E-state index in [9.17, 15) is 8.42 Å². The fourth-order valence-electron chi connectivity index (χ4n) is 2.70. The number of nitrogens with one attached hydrogen (secondary N) is 1. The van der Waals surface area contributed by atoms with Gasteiger partial charge in [-0.3, -0.25) is 0 Å². The van der Waals surface area contributed by atoms with Gasteiger partial charge >= 0.3 is 0 Å². The van der Waals surface area contributed by atoms with Crippen LogP contribution in [0.4, 0.5) is 0 Å². The lowest BCUT2D eigenvalue weighted by molar-refractivity contribution is 0.244. The molecule has 7 heteroatoms. The first-order chi connectivity index (χ1) is 10.5. The van der Waals surface area contributed by atoms with E-state index < -0.39 is 10.0 Å². The third kappa shape index (κ3) is 2.67. The molecule has 0 spiro atoms. The van der Waals surface area contributed by atoms with Gasteiger partial charge in [-0.05, 0) is 26.0 Å². The van der Waals surface area contributed by atoms with Crippen LogP contribution in [0.1, 0.15) is 13.8 Å². The van der Waals surface area contributed by atoms with Crippen LogP contribution in [-0.2, 0) is 10.0 Å². The van der Waals surface area contributed by atoms with Crippen LogP contribution in [0, 0.1) is 0 Å². The van der Waals surface area contributed by atoms with Gasteiger partial charge in [0, 0.05) is 36.8 Å². The van der Waals surface area contributed by atoms with E-state index >= 15 is 0 Å². The van der Waals surface area contributed by atoms with Gasteiger partial charge in [0.25, 0.3) is 0 Å². The topological polar surface area (TPSA) is 75.4 Å². The Hall–Kier alpha value is -1.70. The quantitative estimate of drug-likeness (QED) is 0.931. The molecule has 0 bridgehead atoms. The molecule has 2 heterocycles. The Morgan fingerprint density at radius 2 is 2.05 bits per heavy atom. The molecule has 0 saturated carbocycles. The molecular weight excluding hydrogens is 302 g/mol. The van der Waals surface area contributed by atoms with Gasteiger partial charge in [-0.1, -0.05) is 17.3 Å². The highest BCUT2D eigenvalue weighted by molar-refractivity contribution is 7.89. The molecule has 2 atom stereocenters. The molecule has 22 heavy (non-hydrogen) atoms. The predicted molar refractivity (Wildman–Crippen MR) is 82.8 cm³/mol. The van der Waals surface area contributed by atoms with Crippen molar-refractivity contribution in [1.82, 2.24) is 14.8 Å². The summed E-state index contributed by atoms with van der Waals surface area (Å²) in [7, 11) is -3.60. The molecule has 6 nitrogen and oxygen atoms in total. The van der Waals surface area contributed by atoms with Crippen molar-refractivity contribution in [2.45, 2.75) is 30.8 Å². The SMILES string of the molecule is CC1CN(S(=O)(=O)c2ccccc2-c2ccno2)C(C)CN1. The third-order valence-corrected chi connectivity index (χ3v) is 5.92. The van der Waals surface area contributed by atoms with Gasteiger partial charge in [0.05, 0.1) is 11.1 Å². The molecule has 0 amide bonds. The van der Waals surface area contributed by atoms with Crippen molar-refractivity contribution in [2.75, 3.05) is 13.1 Å². The molecule has 3 rings (SSSR count). The predicted octanol–water partition coefficient (Wildman–Crippen LogP) is 1.71. The average Bonchev–Trinajstić information content (AvgIpc) is 3.04. The smallest absolute Gasteiger partial charge is 0.244 e. The number of piperazine rings is 1. The van der Waals surface area contributed by atoms with Crippen molar-refractivity contribution in [3.63, 3.8) is 0 Å². The molecule has 1 aliphatic rings. The lowest BCUT2D eigenvalue weighted by atomic mass is 10.2. The maximum atomic E-state index is 13.1. The van der Waals surface area contributed by atoms with Gasteiger partial charge in [0.15, 0.2) is 5.76 Å². The summed E-state index contributed by atoms with van der Waals surface area (Å²) in [4.78, 5) is 0.257. The number of aromatic nitrogens is 1. The summed E-state index contributed by atoms with van der Waals surface area (Å²) in [5.74, 6) is 0.454. The average molecular weight is 321 g/mol. The van der Waals surface area contributed by atoms with E-state index in [0.717, 1.165) is 0 Å². The summed E-state index contributed by atoms with van der Waals surface area (Å²) in [5, 5.41) is 6.96. The molecular formula is C15H19N3O3S. The molecule has 1 aromatic heterocycles.